The minimum absolute atomic E-state index is 0.361. The number of rotatable bonds is 1. The van der Waals surface area contributed by atoms with Crippen molar-refractivity contribution >= 4 is 27.6 Å². The van der Waals surface area contributed by atoms with Gasteiger partial charge in [-0.1, -0.05) is 11.3 Å². The summed E-state index contributed by atoms with van der Waals surface area (Å²) in [6.07, 6.45) is 0. The van der Waals surface area contributed by atoms with Crippen molar-refractivity contribution in [3.8, 4) is 5.75 Å². The zero-order chi connectivity index (χ0) is 10.1. The number of fused-ring (bicyclic) bond motifs is 1. The molecular formula is C9H6O4S. The quantitative estimate of drug-likeness (QED) is 0.531. The number of hydrogen-bond donors (Lipinski definition) is 0. The van der Waals surface area contributed by atoms with Gasteiger partial charge in [-0.25, -0.2) is 4.79 Å². The van der Waals surface area contributed by atoms with Crippen LogP contribution in [0.15, 0.2) is 27.4 Å². The van der Waals surface area contributed by atoms with E-state index in [1.165, 1.54) is 13.0 Å². The molecule has 1 aromatic carbocycles. The third-order valence-electron chi connectivity index (χ3n) is 1.56. The Kier molecular flexibility index (Phi) is 2.09. The molecule has 2 rings (SSSR count). The Labute approximate surface area is 82.7 Å². The Morgan fingerprint density at radius 2 is 2.29 bits per heavy atom. The molecule has 0 saturated carbocycles. The van der Waals surface area contributed by atoms with E-state index in [2.05, 4.69) is 0 Å². The van der Waals surface area contributed by atoms with Crippen molar-refractivity contribution in [3.05, 3.63) is 27.9 Å². The largest absolute Gasteiger partial charge is 0.427 e. The van der Waals surface area contributed by atoms with Gasteiger partial charge >= 0.3 is 10.9 Å². The number of ether oxygens (including phenoxy) is 1. The minimum atomic E-state index is -0.401. The molecule has 72 valence electrons. The van der Waals surface area contributed by atoms with Gasteiger partial charge in [0.2, 0.25) is 0 Å². The van der Waals surface area contributed by atoms with E-state index >= 15 is 0 Å². The van der Waals surface area contributed by atoms with Gasteiger partial charge in [-0.2, -0.15) is 0 Å². The topological polar surface area (TPSA) is 56.5 Å². The monoisotopic (exact) mass is 210 g/mol. The zero-order valence-corrected chi connectivity index (χ0v) is 8.09. The Morgan fingerprint density at radius 1 is 1.50 bits per heavy atom. The molecule has 0 bridgehead atoms. The fourth-order valence-electron chi connectivity index (χ4n) is 1.08. The summed E-state index contributed by atoms with van der Waals surface area (Å²) in [5.74, 6) is -0.0199. The van der Waals surface area contributed by atoms with E-state index in [0.29, 0.717) is 11.3 Å². The lowest BCUT2D eigenvalue weighted by molar-refractivity contribution is -0.131. The standard InChI is InChI=1S/C9H6O4S/c1-5(10)12-6-2-3-8-7(4-6)13-9(11)14-8/h2-4H,1H3. The summed E-state index contributed by atoms with van der Waals surface area (Å²) in [7, 11) is 0. The van der Waals surface area contributed by atoms with Crippen LogP contribution < -0.4 is 9.68 Å². The summed E-state index contributed by atoms with van der Waals surface area (Å²) in [5.41, 5.74) is 0.443. The van der Waals surface area contributed by atoms with Gasteiger partial charge in [0.05, 0.1) is 4.70 Å². The smallest absolute Gasteiger partial charge is 0.396 e. The summed E-state index contributed by atoms with van der Waals surface area (Å²) in [6, 6.07) is 4.83. The van der Waals surface area contributed by atoms with Crippen LogP contribution in [0.5, 0.6) is 5.75 Å². The van der Waals surface area contributed by atoms with Gasteiger partial charge in [-0.05, 0) is 12.1 Å². The second-order valence-electron chi connectivity index (χ2n) is 2.66. The van der Waals surface area contributed by atoms with Gasteiger partial charge < -0.3 is 9.15 Å². The highest BCUT2D eigenvalue weighted by atomic mass is 32.1. The van der Waals surface area contributed by atoms with Crippen LogP contribution in [0.1, 0.15) is 6.92 Å². The molecule has 0 radical (unpaired) electrons. The number of carbonyl (C=O) groups excluding carboxylic acids is 1. The molecule has 0 saturated heterocycles. The molecule has 14 heavy (non-hydrogen) atoms. The first-order valence-corrected chi connectivity index (χ1v) is 4.69. The molecule has 1 heterocycles. The molecule has 0 amide bonds. The summed E-state index contributed by atoms with van der Waals surface area (Å²) in [4.78, 5) is 21.1. The van der Waals surface area contributed by atoms with E-state index in [1.54, 1.807) is 12.1 Å². The SMILES string of the molecule is CC(=O)Oc1ccc2sc(=O)oc2c1. The van der Waals surface area contributed by atoms with Gasteiger partial charge in [0.15, 0.2) is 5.58 Å². The molecule has 0 N–H and O–H groups in total. The molecular weight excluding hydrogens is 204 g/mol. The van der Waals surface area contributed by atoms with Crippen LogP contribution in [0.25, 0.3) is 10.3 Å². The van der Waals surface area contributed by atoms with E-state index in [-0.39, 0.29) is 4.94 Å². The van der Waals surface area contributed by atoms with Crippen molar-refractivity contribution in [1.82, 2.24) is 0 Å². The molecule has 0 unspecified atom stereocenters. The fourth-order valence-corrected chi connectivity index (χ4v) is 1.73. The molecule has 0 fully saturated rings. The number of benzene rings is 1. The fraction of sp³-hybridized carbons (Fsp3) is 0.111. The molecule has 0 aliphatic carbocycles. The van der Waals surface area contributed by atoms with Gasteiger partial charge in [0.1, 0.15) is 5.75 Å². The molecule has 0 atom stereocenters. The maximum atomic E-state index is 10.9. The molecule has 0 aliphatic heterocycles. The van der Waals surface area contributed by atoms with Crippen molar-refractivity contribution in [2.45, 2.75) is 6.92 Å². The van der Waals surface area contributed by atoms with E-state index in [1.807, 2.05) is 0 Å². The van der Waals surface area contributed by atoms with E-state index in [9.17, 15) is 9.59 Å². The molecule has 0 spiro atoms. The van der Waals surface area contributed by atoms with Crippen LogP contribution in [-0.2, 0) is 4.79 Å². The Morgan fingerprint density at radius 3 is 3.00 bits per heavy atom. The third-order valence-corrected chi connectivity index (χ3v) is 2.37. The number of esters is 1. The van der Waals surface area contributed by atoms with Crippen LogP contribution in [0.4, 0.5) is 0 Å². The summed E-state index contributed by atoms with van der Waals surface area (Å²) in [5, 5.41) is 0. The Hall–Kier alpha value is -1.62. The molecule has 0 aliphatic rings. The molecule has 5 heteroatoms. The van der Waals surface area contributed by atoms with E-state index in [0.717, 1.165) is 16.0 Å². The first-order chi connectivity index (χ1) is 6.65. The van der Waals surface area contributed by atoms with Gasteiger partial charge in [-0.3, -0.25) is 4.79 Å². The number of carbonyl (C=O) groups is 1. The predicted octanol–water partition coefficient (Wildman–Crippen LogP) is 1.78. The normalized spacial score (nSPS) is 10.4. The van der Waals surface area contributed by atoms with Crippen molar-refractivity contribution < 1.29 is 13.9 Å². The van der Waals surface area contributed by atoms with Gasteiger partial charge in [-0.15, -0.1) is 0 Å². The number of hydrogen-bond acceptors (Lipinski definition) is 5. The van der Waals surface area contributed by atoms with Crippen LogP contribution >= 0.6 is 11.3 Å². The minimum Gasteiger partial charge on any atom is -0.427 e. The van der Waals surface area contributed by atoms with Crippen LogP contribution in [-0.4, -0.2) is 5.97 Å². The summed E-state index contributed by atoms with van der Waals surface area (Å²) in [6.45, 7) is 1.31. The maximum Gasteiger partial charge on any atom is 0.396 e. The lowest BCUT2D eigenvalue weighted by Gasteiger charge is -1.98. The lowest BCUT2D eigenvalue weighted by atomic mass is 10.3. The highest BCUT2D eigenvalue weighted by Gasteiger charge is 2.04. The second-order valence-corrected chi connectivity index (χ2v) is 3.63. The van der Waals surface area contributed by atoms with Crippen LogP contribution in [0.3, 0.4) is 0 Å². The second kappa shape index (κ2) is 3.26. The highest BCUT2D eigenvalue weighted by Crippen LogP contribution is 2.22. The van der Waals surface area contributed by atoms with E-state index < -0.39 is 5.97 Å². The molecule has 2 aromatic rings. The lowest BCUT2D eigenvalue weighted by Crippen LogP contribution is -2.00. The average molecular weight is 210 g/mol. The van der Waals surface area contributed by atoms with Crippen molar-refractivity contribution in [1.29, 1.82) is 0 Å². The van der Waals surface area contributed by atoms with Crippen molar-refractivity contribution in [2.24, 2.45) is 0 Å². The average Bonchev–Trinajstić information content (AvgIpc) is 2.42. The maximum absolute atomic E-state index is 10.9. The van der Waals surface area contributed by atoms with Gasteiger partial charge in [0, 0.05) is 13.0 Å². The Bertz CT molecular complexity index is 537. The third kappa shape index (κ3) is 1.67. The predicted molar refractivity (Wildman–Crippen MR) is 51.7 cm³/mol. The van der Waals surface area contributed by atoms with E-state index in [4.69, 9.17) is 9.15 Å². The first-order valence-electron chi connectivity index (χ1n) is 3.87. The first kappa shape index (κ1) is 8.96. The molecule has 1 aromatic heterocycles. The van der Waals surface area contributed by atoms with Crippen molar-refractivity contribution in [2.75, 3.05) is 0 Å². The van der Waals surface area contributed by atoms with Crippen molar-refractivity contribution in [3.63, 3.8) is 0 Å². The van der Waals surface area contributed by atoms with Gasteiger partial charge in [0.25, 0.3) is 0 Å². The summed E-state index contributed by atoms with van der Waals surface area (Å²) < 4.78 is 10.4. The zero-order valence-electron chi connectivity index (χ0n) is 7.27. The van der Waals surface area contributed by atoms with Crippen LogP contribution in [0.2, 0.25) is 0 Å². The summed E-state index contributed by atoms with van der Waals surface area (Å²) >= 11 is 1.02. The molecule has 4 nitrogen and oxygen atoms in total. The highest BCUT2D eigenvalue weighted by molar-refractivity contribution is 7.16. The Balaban J connectivity index is 2.50. The van der Waals surface area contributed by atoms with Crippen LogP contribution in [0, 0.1) is 0 Å².